The molecule has 0 radical (unpaired) electrons. The molecule has 0 spiro atoms. The third-order valence-corrected chi connectivity index (χ3v) is 12.7. The molecule has 0 fully saturated rings. The van der Waals surface area contributed by atoms with E-state index < -0.39 is 67.6 Å². The van der Waals surface area contributed by atoms with Crippen molar-refractivity contribution in [1.29, 1.82) is 5.26 Å². The van der Waals surface area contributed by atoms with E-state index in [0.717, 1.165) is 22.6 Å². The molecule has 2 aromatic heterocycles. The van der Waals surface area contributed by atoms with Gasteiger partial charge < -0.3 is 32.8 Å². The summed E-state index contributed by atoms with van der Waals surface area (Å²) in [6.45, 7) is 3.98. The summed E-state index contributed by atoms with van der Waals surface area (Å²) < 4.78 is 151. The van der Waals surface area contributed by atoms with Gasteiger partial charge in [-0.25, -0.2) is 30.2 Å². The van der Waals surface area contributed by atoms with Crippen LogP contribution in [0.2, 0.25) is 0 Å². The Labute approximate surface area is 524 Å². The minimum absolute atomic E-state index is 0. The molecule has 6 aromatic rings. The number of aromatic nitrogens is 2. The van der Waals surface area contributed by atoms with Gasteiger partial charge in [-0.3, -0.25) is 12.8 Å². The van der Waals surface area contributed by atoms with E-state index in [4.69, 9.17) is 9.47 Å². The van der Waals surface area contributed by atoms with Crippen LogP contribution in [-0.4, -0.2) is 91.1 Å². The van der Waals surface area contributed by atoms with Crippen molar-refractivity contribution in [1.82, 2.24) is 9.38 Å². The number of pyridine rings is 1. The van der Waals surface area contributed by atoms with Gasteiger partial charge >= 0.3 is 148 Å². The Morgan fingerprint density at radius 1 is 0.667 bits per heavy atom. The third kappa shape index (κ3) is 17.9. The molecular formula is C39H32N9Na5O15S4. The topological polar surface area (TPSA) is 383 Å². The van der Waals surface area contributed by atoms with Gasteiger partial charge in [0, 0.05) is 29.2 Å². The monoisotopic (exact) mass is 1110 g/mol. The van der Waals surface area contributed by atoms with Crippen molar-refractivity contribution in [2.75, 3.05) is 24.7 Å². The molecule has 72 heavy (non-hydrogen) atoms. The maximum atomic E-state index is 11.8. The molecule has 0 unspecified atom stereocenters. The number of rotatable bonds is 18. The quantitative estimate of drug-likeness (QED) is 0.0275. The molecule has 352 valence electrons. The normalized spacial score (nSPS) is 11.9. The first-order chi connectivity index (χ1) is 31.3. The maximum absolute atomic E-state index is 11.8. The van der Waals surface area contributed by atoms with Gasteiger partial charge in [0.15, 0.2) is 11.3 Å². The van der Waals surface area contributed by atoms with Crippen LogP contribution in [0.15, 0.2) is 101 Å². The zero-order chi connectivity index (χ0) is 49.1. The summed E-state index contributed by atoms with van der Waals surface area (Å²) >= 11 is 0. The number of fused-ring (bicyclic) bond motifs is 3. The number of aromatic hydroxyl groups is 1. The van der Waals surface area contributed by atoms with Crippen LogP contribution < -0.4 is 157 Å². The fraction of sp³-hybridized carbons (Fsp3) is 0.231. The second-order valence-electron chi connectivity index (χ2n) is 14.2. The molecule has 0 saturated carbocycles. The summed E-state index contributed by atoms with van der Waals surface area (Å²) in [4.78, 5) is 3.00. The van der Waals surface area contributed by atoms with E-state index in [-0.39, 0.29) is 247 Å². The van der Waals surface area contributed by atoms with Crippen molar-refractivity contribution in [3.8, 4) is 23.4 Å². The van der Waals surface area contributed by atoms with Gasteiger partial charge in [-0.1, -0.05) is 0 Å². The van der Waals surface area contributed by atoms with Crippen molar-refractivity contribution in [3.63, 3.8) is 0 Å². The molecule has 0 saturated heterocycles. The Morgan fingerprint density at radius 3 is 1.62 bits per heavy atom. The van der Waals surface area contributed by atoms with Crippen LogP contribution in [0.1, 0.15) is 35.1 Å². The molecule has 0 aliphatic heterocycles. The van der Waals surface area contributed by atoms with E-state index in [9.17, 15) is 62.3 Å². The molecule has 0 atom stereocenters. The van der Waals surface area contributed by atoms with Gasteiger partial charge in [0.1, 0.15) is 44.6 Å². The fourth-order valence-electron chi connectivity index (χ4n) is 6.18. The maximum Gasteiger partial charge on any atom is 1.00 e. The SMILES string of the molecule is Cc1cc(N=Nc2c(C)c(C#N)c3nc4cc(S(=O)(=O)[O-])ccc4n3c2O)c(OCCCS(=O)(=O)[O-])cc1N=Nc1cc(C)c(N=Nc2cc[c-]cc2S(=O)(=O)[O-])cc1OCCCS(=O)(=O)[O-].[Na+].[Na+].[Na+].[Na+].[Na+]. The molecular weight excluding hydrogens is 1080 g/mol. The van der Waals surface area contributed by atoms with Crippen molar-refractivity contribution >= 4 is 91.3 Å². The van der Waals surface area contributed by atoms with Crippen LogP contribution in [0.25, 0.3) is 16.7 Å². The summed E-state index contributed by atoms with van der Waals surface area (Å²) in [5.74, 6) is -2.22. The van der Waals surface area contributed by atoms with Crippen molar-refractivity contribution in [2.45, 2.75) is 43.4 Å². The van der Waals surface area contributed by atoms with E-state index in [0.29, 0.717) is 11.1 Å². The standard InChI is InChI=1S/C39H36N9O15S4.5Na/c1-22-16-31(34(62-12-6-14-64(50,51)52)19-28(22)43-42-27-8-4-5-9-36(27)67(59,60)61)45-44-29-20-35(63-13-7-15-65(53,54)55)32(17-23(29)2)46-47-37-24(3)26(21-40)38-41-30-18-25(66(56,57)58)10-11-33(30)48(38)39(37)49;;;;;/h4,8-11,16-20,49H,6-7,12-15H2,1-3H3,(H,50,51,52)(H,53,54,55)(H,56,57,58)(H,59,60,61);;;;;/q-1;5*+1/p-4. The summed E-state index contributed by atoms with van der Waals surface area (Å²) in [5, 5.41) is 46.6. The first-order valence-corrected chi connectivity index (χ1v) is 25.0. The van der Waals surface area contributed by atoms with Gasteiger partial charge in [-0.15, -0.1) is 21.4 Å². The third-order valence-electron chi connectivity index (χ3n) is 9.41. The van der Waals surface area contributed by atoms with Crippen molar-refractivity contribution in [3.05, 3.63) is 89.0 Å². The van der Waals surface area contributed by atoms with Crippen molar-refractivity contribution < 1.29 is 214 Å². The molecule has 33 heteroatoms. The van der Waals surface area contributed by atoms with Crippen LogP contribution in [0.3, 0.4) is 0 Å². The smallest absolute Gasteiger partial charge is 0.754 e. The first kappa shape index (κ1) is 68.2. The number of azo groups is 3. The van der Waals surface area contributed by atoms with Crippen molar-refractivity contribution in [2.24, 2.45) is 30.7 Å². The number of aryl methyl sites for hydroxylation is 2. The average Bonchev–Trinajstić information content (AvgIpc) is 3.62. The molecule has 4 aromatic carbocycles. The summed E-state index contributed by atoms with van der Waals surface area (Å²) in [6, 6.07) is 16.7. The first-order valence-electron chi connectivity index (χ1n) is 19.0. The predicted octanol–water partition coefficient (Wildman–Crippen LogP) is -8.51. The molecule has 0 aliphatic carbocycles. The number of hydrogen-bond donors (Lipinski definition) is 1. The fourth-order valence-corrected chi connectivity index (χ4v) is 8.19. The average molecular weight is 1110 g/mol. The summed E-state index contributed by atoms with van der Waals surface area (Å²) in [6.07, 6.45) is -0.466. The zero-order valence-corrected chi connectivity index (χ0v) is 53.1. The largest absolute Gasteiger partial charge is 1.00 e. The van der Waals surface area contributed by atoms with Crippen LogP contribution in [0.5, 0.6) is 17.4 Å². The minimum Gasteiger partial charge on any atom is -0.754 e. The second kappa shape index (κ2) is 28.5. The van der Waals surface area contributed by atoms with E-state index in [1.54, 1.807) is 13.8 Å². The predicted molar refractivity (Wildman–Crippen MR) is 229 cm³/mol. The van der Waals surface area contributed by atoms with E-state index in [2.05, 4.69) is 41.7 Å². The van der Waals surface area contributed by atoms with Crippen LogP contribution in [-0.2, 0) is 40.5 Å². The molecule has 1 N–H and O–H groups in total. The van der Waals surface area contributed by atoms with Gasteiger partial charge in [-0.2, -0.15) is 38.8 Å². The Balaban J connectivity index is 0.00000518. The number of nitriles is 1. The molecule has 0 aliphatic rings. The number of imidazole rings is 1. The Bertz CT molecular complexity index is 3580. The zero-order valence-electron chi connectivity index (χ0n) is 39.8. The Morgan fingerprint density at radius 2 is 1.15 bits per heavy atom. The Hall–Kier alpha value is -1.84. The molecule has 0 bridgehead atoms. The van der Waals surface area contributed by atoms with E-state index in [1.165, 1.54) is 49.4 Å². The number of nitrogens with zero attached hydrogens (tertiary/aromatic N) is 9. The number of hydrogen-bond acceptors (Lipinski definition) is 23. The molecule has 6 rings (SSSR count). The van der Waals surface area contributed by atoms with E-state index in [1.807, 2.05) is 6.07 Å². The molecule has 24 nitrogen and oxygen atoms in total. The van der Waals surface area contributed by atoms with Crippen LogP contribution in [0.4, 0.5) is 34.1 Å². The second-order valence-corrected chi connectivity index (χ2v) is 20.0. The van der Waals surface area contributed by atoms with E-state index >= 15 is 0 Å². The van der Waals surface area contributed by atoms with Gasteiger partial charge in [0.25, 0.3) is 0 Å². The van der Waals surface area contributed by atoms with Gasteiger partial charge in [0.05, 0.1) is 70.9 Å². The van der Waals surface area contributed by atoms with Crippen LogP contribution >= 0.6 is 0 Å². The summed E-state index contributed by atoms with van der Waals surface area (Å²) in [7, 11) is -19.0. The number of benzene rings is 4. The molecule has 0 amide bonds. The van der Waals surface area contributed by atoms with Crippen LogP contribution in [0, 0.1) is 38.2 Å². The number of ether oxygens (including phenoxy) is 2. The minimum atomic E-state index is -4.95. The molecule has 2 heterocycles. The van der Waals surface area contributed by atoms with Gasteiger partial charge in [0.2, 0.25) is 5.88 Å². The summed E-state index contributed by atoms with van der Waals surface area (Å²) in [5.41, 5.74) is 0.508. The van der Waals surface area contributed by atoms with Gasteiger partial charge in [-0.05, 0) is 85.7 Å². The Kier molecular flexibility index (Phi) is 27.0.